The molecule has 0 atom stereocenters. The van der Waals surface area contributed by atoms with Gasteiger partial charge in [0.25, 0.3) is 10.0 Å². The Bertz CT molecular complexity index is 1430. The minimum atomic E-state index is -4.02. The van der Waals surface area contributed by atoms with Crippen LogP contribution in [0.25, 0.3) is 6.08 Å². The number of pyridine rings is 2. The quantitative estimate of drug-likeness (QED) is 0.212. The molecular weight excluding hydrogens is 585 g/mol. The summed E-state index contributed by atoms with van der Waals surface area (Å²) >= 11 is 8.50. The molecule has 0 aliphatic heterocycles. The zero-order chi connectivity index (χ0) is 24.7. The van der Waals surface area contributed by atoms with E-state index in [-0.39, 0.29) is 27.5 Å². The highest BCUT2D eigenvalue weighted by Crippen LogP contribution is 2.33. The maximum absolute atomic E-state index is 13.5. The van der Waals surface area contributed by atoms with Crippen LogP contribution in [0.1, 0.15) is 59.2 Å². The first-order valence-corrected chi connectivity index (χ1v) is 14.0. The standard InChI is InChI=1S/C25H23ClIN3O3S/c1-25(2,3)19-12-16(7-8-20(19)26)34(32,33)30-22-11-15(13-27)14-29-23(22)24(31)18-9-10-28-21-6-4-5-17(18)21/h4-5,7-12,14,30H,6,13H2,1-3H3. The van der Waals surface area contributed by atoms with E-state index < -0.39 is 10.0 Å². The fourth-order valence-corrected chi connectivity index (χ4v) is 5.67. The van der Waals surface area contributed by atoms with Gasteiger partial charge in [-0.3, -0.25) is 19.5 Å². The van der Waals surface area contributed by atoms with Crippen LogP contribution in [0.4, 0.5) is 5.69 Å². The van der Waals surface area contributed by atoms with E-state index in [1.165, 1.54) is 6.07 Å². The first kappa shape index (κ1) is 24.8. The van der Waals surface area contributed by atoms with Gasteiger partial charge in [-0.1, -0.05) is 67.1 Å². The molecule has 0 radical (unpaired) electrons. The second kappa shape index (κ2) is 9.39. The third-order valence-electron chi connectivity index (χ3n) is 5.53. The summed E-state index contributed by atoms with van der Waals surface area (Å²) < 4.78 is 30.0. The van der Waals surface area contributed by atoms with E-state index in [0.29, 0.717) is 27.0 Å². The number of aromatic nitrogens is 2. The van der Waals surface area contributed by atoms with Gasteiger partial charge < -0.3 is 0 Å². The molecule has 34 heavy (non-hydrogen) atoms. The molecule has 0 saturated carbocycles. The predicted molar refractivity (Wildman–Crippen MR) is 143 cm³/mol. The minimum Gasteiger partial charge on any atom is -0.287 e. The molecule has 1 aromatic carbocycles. The van der Waals surface area contributed by atoms with Gasteiger partial charge in [-0.25, -0.2) is 8.42 Å². The van der Waals surface area contributed by atoms with E-state index in [2.05, 4.69) is 37.3 Å². The van der Waals surface area contributed by atoms with Crippen molar-refractivity contribution in [1.29, 1.82) is 0 Å². The molecule has 6 nitrogen and oxygen atoms in total. The lowest BCUT2D eigenvalue weighted by Crippen LogP contribution is -2.19. The minimum absolute atomic E-state index is 0.0379. The predicted octanol–water partition coefficient (Wildman–Crippen LogP) is 5.96. The van der Waals surface area contributed by atoms with Crippen molar-refractivity contribution in [2.24, 2.45) is 0 Å². The first-order chi connectivity index (χ1) is 16.0. The van der Waals surface area contributed by atoms with Gasteiger partial charge in [0, 0.05) is 39.4 Å². The number of allylic oxidation sites excluding steroid dienone is 1. The Morgan fingerprint density at radius 3 is 2.65 bits per heavy atom. The highest BCUT2D eigenvalue weighted by Gasteiger charge is 2.26. The van der Waals surface area contributed by atoms with Gasteiger partial charge in [0.1, 0.15) is 5.69 Å². The molecule has 0 unspecified atom stereocenters. The van der Waals surface area contributed by atoms with Crippen LogP contribution in [0.3, 0.4) is 0 Å². The maximum atomic E-state index is 13.5. The molecule has 9 heteroatoms. The van der Waals surface area contributed by atoms with Gasteiger partial charge in [0.2, 0.25) is 5.78 Å². The second-order valence-corrected chi connectivity index (χ2v) is 11.9. The SMILES string of the molecule is CC(C)(C)c1cc(S(=O)(=O)Nc2cc(CI)cnc2C(=O)c2ccnc3c2C=CC3)ccc1Cl. The van der Waals surface area contributed by atoms with Crippen molar-refractivity contribution in [3.8, 4) is 0 Å². The zero-order valence-electron chi connectivity index (χ0n) is 18.9. The summed E-state index contributed by atoms with van der Waals surface area (Å²) in [7, 11) is -4.02. The number of anilines is 1. The third-order valence-corrected chi connectivity index (χ3v) is 8.10. The molecule has 1 aliphatic rings. The van der Waals surface area contributed by atoms with Gasteiger partial charge in [0.15, 0.2) is 0 Å². The Morgan fingerprint density at radius 1 is 1.18 bits per heavy atom. The van der Waals surface area contributed by atoms with Crippen LogP contribution in [0, 0.1) is 0 Å². The highest BCUT2D eigenvalue weighted by molar-refractivity contribution is 14.1. The van der Waals surface area contributed by atoms with Crippen molar-refractivity contribution >= 4 is 61.8 Å². The Hall–Kier alpha value is -2.30. The van der Waals surface area contributed by atoms with Gasteiger partial charge >= 0.3 is 0 Å². The van der Waals surface area contributed by atoms with Crippen LogP contribution in [0.15, 0.2) is 53.7 Å². The Labute approximate surface area is 218 Å². The molecule has 1 aliphatic carbocycles. The average Bonchev–Trinajstić information content (AvgIpc) is 3.26. The fourth-order valence-electron chi connectivity index (χ4n) is 3.77. The normalized spacial score (nSPS) is 13.1. The number of sulfonamides is 1. The lowest BCUT2D eigenvalue weighted by atomic mass is 9.87. The molecule has 1 N–H and O–H groups in total. The smallest absolute Gasteiger partial charge is 0.261 e. The topological polar surface area (TPSA) is 89.0 Å². The van der Waals surface area contributed by atoms with Crippen molar-refractivity contribution in [1.82, 2.24) is 9.97 Å². The molecule has 0 fully saturated rings. The molecule has 0 spiro atoms. The third kappa shape index (κ3) is 4.89. The van der Waals surface area contributed by atoms with Crippen LogP contribution in [0.5, 0.6) is 0 Å². The Kier molecular flexibility index (Phi) is 6.85. The zero-order valence-corrected chi connectivity index (χ0v) is 22.6. The lowest BCUT2D eigenvalue weighted by Gasteiger charge is -2.21. The Balaban J connectivity index is 1.78. The number of carbonyl (C=O) groups excluding carboxylic acids is 1. The van der Waals surface area contributed by atoms with E-state index in [9.17, 15) is 13.2 Å². The number of benzene rings is 1. The number of hydrogen-bond donors (Lipinski definition) is 1. The van der Waals surface area contributed by atoms with Crippen molar-refractivity contribution in [3.05, 3.63) is 87.5 Å². The van der Waals surface area contributed by atoms with E-state index in [1.807, 2.05) is 32.9 Å². The van der Waals surface area contributed by atoms with Crippen LogP contribution in [-0.4, -0.2) is 24.2 Å². The number of ketones is 1. The summed E-state index contributed by atoms with van der Waals surface area (Å²) in [5.74, 6) is -0.366. The number of fused-ring (bicyclic) bond motifs is 1. The number of nitrogens with one attached hydrogen (secondary N) is 1. The molecule has 0 amide bonds. The summed E-state index contributed by atoms with van der Waals surface area (Å²) in [5, 5.41) is 0.496. The maximum Gasteiger partial charge on any atom is 0.261 e. The van der Waals surface area contributed by atoms with Gasteiger partial charge in [-0.15, -0.1) is 0 Å². The molecule has 4 rings (SSSR count). The number of nitrogens with zero attached hydrogens (tertiary/aromatic N) is 2. The number of halogens is 2. The van der Waals surface area contributed by atoms with E-state index in [0.717, 1.165) is 16.8 Å². The Morgan fingerprint density at radius 2 is 1.94 bits per heavy atom. The summed E-state index contributed by atoms with van der Waals surface area (Å²) in [6.07, 6.45) is 7.64. The van der Waals surface area contributed by atoms with E-state index >= 15 is 0 Å². The van der Waals surface area contributed by atoms with Gasteiger partial charge in [-0.2, -0.15) is 0 Å². The molecule has 0 saturated heterocycles. The number of alkyl halides is 1. The summed E-state index contributed by atoms with van der Waals surface area (Å²) in [6, 6.07) is 7.90. The van der Waals surface area contributed by atoms with Crippen molar-refractivity contribution in [3.63, 3.8) is 0 Å². The van der Waals surface area contributed by atoms with Crippen LogP contribution < -0.4 is 4.72 Å². The first-order valence-electron chi connectivity index (χ1n) is 10.6. The van der Waals surface area contributed by atoms with Crippen LogP contribution in [-0.2, 0) is 26.3 Å². The monoisotopic (exact) mass is 607 g/mol. The molecule has 176 valence electrons. The number of rotatable bonds is 6. The highest BCUT2D eigenvalue weighted by atomic mass is 127. The number of carbonyl (C=O) groups is 1. The largest absolute Gasteiger partial charge is 0.287 e. The van der Waals surface area contributed by atoms with Crippen molar-refractivity contribution in [2.75, 3.05) is 4.72 Å². The molecule has 2 aromatic heterocycles. The van der Waals surface area contributed by atoms with E-state index in [1.54, 1.807) is 36.7 Å². The summed E-state index contributed by atoms with van der Waals surface area (Å²) in [4.78, 5) is 22.2. The average molecular weight is 608 g/mol. The van der Waals surface area contributed by atoms with Crippen molar-refractivity contribution < 1.29 is 13.2 Å². The number of hydrogen-bond acceptors (Lipinski definition) is 5. The van der Waals surface area contributed by atoms with Crippen molar-refractivity contribution in [2.45, 2.75) is 41.9 Å². The molecular formula is C25H23ClIN3O3S. The second-order valence-electron chi connectivity index (χ2n) is 9.03. The molecule has 2 heterocycles. The fraction of sp³-hybridized carbons (Fsp3) is 0.240. The molecule has 3 aromatic rings. The van der Waals surface area contributed by atoms with Crippen LogP contribution in [0.2, 0.25) is 5.02 Å². The summed E-state index contributed by atoms with van der Waals surface area (Å²) in [6.45, 7) is 5.89. The molecule has 0 bridgehead atoms. The lowest BCUT2D eigenvalue weighted by molar-refractivity contribution is 0.103. The van der Waals surface area contributed by atoms with Crippen LogP contribution >= 0.6 is 34.2 Å². The van der Waals surface area contributed by atoms with E-state index in [4.69, 9.17) is 11.6 Å². The van der Waals surface area contributed by atoms with Gasteiger partial charge in [-0.05, 0) is 46.9 Å². The van der Waals surface area contributed by atoms with Gasteiger partial charge in [0.05, 0.1) is 16.3 Å². The summed E-state index contributed by atoms with van der Waals surface area (Å²) in [5.41, 5.74) is 3.33.